The highest BCUT2D eigenvalue weighted by atomic mass is 19.1. The molecule has 0 amide bonds. The number of hydrogen-bond donors (Lipinski definition) is 2. The van der Waals surface area contributed by atoms with E-state index >= 15 is 4.39 Å². The maximum Gasteiger partial charge on any atom is 0.185 e. The van der Waals surface area contributed by atoms with E-state index in [0.717, 1.165) is 19.3 Å². The third-order valence-electron chi connectivity index (χ3n) is 6.69. The van der Waals surface area contributed by atoms with Crippen molar-refractivity contribution in [1.29, 1.82) is 0 Å². The van der Waals surface area contributed by atoms with Crippen molar-refractivity contribution >= 4 is 5.82 Å². The fraction of sp³-hybridized carbons (Fsp3) is 0.500. The molecule has 3 aromatic rings. The van der Waals surface area contributed by atoms with Crippen LogP contribution < -0.4 is 10.2 Å². The summed E-state index contributed by atoms with van der Waals surface area (Å²) in [6.07, 6.45) is 5.86. The van der Waals surface area contributed by atoms with E-state index in [4.69, 9.17) is 0 Å². The molecule has 2 aliphatic heterocycles. The number of halogens is 1. The molecule has 4 heterocycles. The summed E-state index contributed by atoms with van der Waals surface area (Å²) in [5, 5.41) is 26.7. The summed E-state index contributed by atoms with van der Waals surface area (Å²) < 4.78 is 16.8. The fourth-order valence-electron chi connectivity index (χ4n) is 4.95. The minimum atomic E-state index is -0.980. The van der Waals surface area contributed by atoms with Crippen molar-refractivity contribution in [2.45, 2.75) is 56.4 Å². The number of aromatic nitrogens is 6. The van der Waals surface area contributed by atoms with Gasteiger partial charge < -0.3 is 15.3 Å². The average Bonchev–Trinajstić information content (AvgIpc) is 3.22. The molecule has 10 heteroatoms. The first-order valence-corrected chi connectivity index (χ1v) is 10.9. The number of fused-ring (bicyclic) bond motifs is 2. The van der Waals surface area contributed by atoms with Gasteiger partial charge in [0.25, 0.3) is 0 Å². The van der Waals surface area contributed by atoms with Gasteiger partial charge in [-0.25, -0.2) is 14.4 Å². The van der Waals surface area contributed by atoms with E-state index in [2.05, 4.69) is 37.5 Å². The Morgan fingerprint density at radius 1 is 1.25 bits per heavy atom. The second-order valence-electron chi connectivity index (χ2n) is 9.14. The first-order chi connectivity index (χ1) is 15.3. The lowest BCUT2D eigenvalue weighted by Crippen LogP contribution is -2.66. The third-order valence-corrected chi connectivity index (χ3v) is 6.69. The SMILES string of the molecule is CN(c1cnc(-c2ccc(-c3ncn(C)n3)cc2O)nn1)[C@H]1C[C@]2(C)CCC[C@H](N2)[C@H]1F. The number of rotatable bonds is 4. The lowest BCUT2D eigenvalue weighted by molar-refractivity contribution is 0.0607. The van der Waals surface area contributed by atoms with Crippen molar-refractivity contribution in [3.63, 3.8) is 0 Å². The van der Waals surface area contributed by atoms with E-state index in [1.165, 1.54) is 0 Å². The fourth-order valence-corrected chi connectivity index (χ4v) is 4.95. The van der Waals surface area contributed by atoms with Crippen LogP contribution in [0.4, 0.5) is 10.2 Å². The van der Waals surface area contributed by atoms with Gasteiger partial charge in [0.1, 0.15) is 18.2 Å². The molecule has 168 valence electrons. The number of anilines is 1. The zero-order valence-corrected chi connectivity index (χ0v) is 18.4. The van der Waals surface area contributed by atoms with Crippen molar-refractivity contribution < 1.29 is 9.50 Å². The molecule has 0 radical (unpaired) electrons. The van der Waals surface area contributed by atoms with Gasteiger partial charge in [-0.1, -0.05) is 6.07 Å². The Bertz CT molecular complexity index is 1120. The molecular weight excluding hydrogens is 411 g/mol. The lowest BCUT2D eigenvalue weighted by Gasteiger charge is -2.51. The van der Waals surface area contributed by atoms with Crippen LogP contribution in [-0.4, -0.2) is 65.9 Å². The van der Waals surface area contributed by atoms with E-state index in [0.29, 0.717) is 35.0 Å². The number of aromatic hydroxyl groups is 1. The summed E-state index contributed by atoms with van der Waals surface area (Å²) >= 11 is 0. The molecule has 2 fully saturated rings. The van der Waals surface area contributed by atoms with Crippen LogP contribution >= 0.6 is 0 Å². The van der Waals surface area contributed by atoms with Crippen LogP contribution in [0.1, 0.15) is 32.6 Å². The van der Waals surface area contributed by atoms with Crippen LogP contribution in [0.15, 0.2) is 30.7 Å². The van der Waals surface area contributed by atoms with E-state index in [1.54, 1.807) is 42.5 Å². The summed E-state index contributed by atoms with van der Waals surface area (Å²) in [5.74, 6) is 1.34. The van der Waals surface area contributed by atoms with Crippen LogP contribution in [0, 0.1) is 0 Å². The molecule has 4 atom stereocenters. The van der Waals surface area contributed by atoms with Gasteiger partial charge in [0.15, 0.2) is 17.5 Å². The highest BCUT2D eigenvalue weighted by Gasteiger charge is 2.47. The standard InChI is InChI=1S/C22H27FN8O/c1-22-8-4-5-15(26-22)19(23)16(10-22)31(3)18-11-24-21(28-27-18)14-7-6-13(9-17(14)32)20-25-12-30(2)29-20/h6-7,9,11-12,15-16,19,26,32H,4-5,8,10H2,1-3H3/t15-,16-,19+,22-/m0/s1. The molecule has 9 nitrogen and oxygen atoms in total. The van der Waals surface area contributed by atoms with Crippen molar-refractivity contribution in [3.8, 4) is 28.5 Å². The Morgan fingerprint density at radius 3 is 2.78 bits per heavy atom. The van der Waals surface area contributed by atoms with Crippen molar-refractivity contribution in [3.05, 3.63) is 30.7 Å². The first kappa shape index (κ1) is 20.7. The van der Waals surface area contributed by atoms with Gasteiger partial charge in [-0.05, 0) is 44.7 Å². The maximum atomic E-state index is 15.2. The van der Waals surface area contributed by atoms with Gasteiger partial charge in [0, 0.05) is 31.2 Å². The third kappa shape index (κ3) is 3.68. The molecule has 1 aromatic carbocycles. The molecule has 2 saturated heterocycles. The van der Waals surface area contributed by atoms with Gasteiger partial charge in [-0.15, -0.1) is 10.2 Å². The summed E-state index contributed by atoms with van der Waals surface area (Å²) in [6.45, 7) is 2.17. The summed E-state index contributed by atoms with van der Waals surface area (Å²) in [5.41, 5.74) is 1.09. The topological polar surface area (TPSA) is 105 Å². The minimum absolute atomic E-state index is 0.0146. The predicted octanol–water partition coefficient (Wildman–Crippen LogP) is 2.49. The molecule has 2 aliphatic rings. The minimum Gasteiger partial charge on any atom is -0.507 e. The summed E-state index contributed by atoms with van der Waals surface area (Å²) in [4.78, 5) is 10.4. The maximum absolute atomic E-state index is 15.2. The number of aryl methyl sites for hydroxylation is 1. The van der Waals surface area contributed by atoms with Crippen LogP contribution in [-0.2, 0) is 7.05 Å². The molecule has 0 spiro atoms. The number of nitrogens with one attached hydrogen (secondary N) is 1. The van der Waals surface area contributed by atoms with Crippen LogP contribution in [0.5, 0.6) is 5.75 Å². The number of nitrogens with zero attached hydrogens (tertiary/aromatic N) is 7. The molecule has 32 heavy (non-hydrogen) atoms. The molecule has 2 N–H and O–H groups in total. The molecule has 5 rings (SSSR count). The molecule has 2 aromatic heterocycles. The predicted molar refractivity (Wildman–Crippen MR) is 118 cm³/mol. The smallest absolute Gasteiger partial charge is 0.185 e. The lowest BCUT2D eigenvalue weighted by atomic mass is 9.74. The van der Waals surface area contributed by atoms with E-state index in [1.807, 2.05) is 11.9 Å². The van der Waals surface area contributed by atoms with E-state index in [9.17, 15) is 5.11 Å². The van der Waals surface area contributed by atoms with Gasteiger partial charge in [0.2, 0.25) is 0 Å². The number of phenols is 1. The second kappa shape index (κ2) is 7.77. The Labute approximate surface area is 185 Å². The number of benzene rings is 1. The molecule has 0 aliphatic carbocycles. The second-order valence-corrected chi connectivity index (χ2v) is 9.14. The number of phenolic OH excluding ortho intramolecular Hbond substituents is 1. The average molecular weight is 439 g/mol. The van der Waals surface area contributed by atoms with Crippen molar-refractivity contribution in [2.24, 2.45) is 7.05 Å². The number of piperidine rings is 2. The van der Waals surface area contributed by atoms with Crippen molar-refractivity contribution in [2.75, 3.05) is 11.9 Å². The largest absolute Gasteiger partial charge is 0.507 e. The first-order valence-electron chi connectivity index (χ1n) is 10.9. The monoisotopic (exact) mass is 438 g/mol. The summed E-state index contributed by atoms with van der Waals surface area (Å²) in [7, 11) is 3.63. The molecule has 0 unspecified atom stereocenters. The van der Waals surface area contributed by atoms with E-state index in [-0.39, 0.29) is 23.4 Å². The zero-order chi connectivity index (χ0) is 22.5. The Kier molecular flexibility index (Phi) is 5.04. The van der Waals surface area contributed by atoms with Gasteiger partial charge in [-0.3, -0.25) is 4.68 Å². The summed E-state index contributed by atoms with van der Waals surface area (Å²) in [6, 6.07) is 4.69. The van der Waals surface area contributed by atoms with Crippen molar-refractivity contribution in [1.82, 2.24) is 35.3 Å². The number of hydrogen-bond acceptors (Lipinski definition) is 8. The normalized spacial score (nSPS) is 27.3. The van der Waals surface area contributed by atoms with Crippen LogP contribution in [0.2, 0.25) is 0 Å². The van der Waals surface area contributed by atoms with Gasteiger partial charge in [0.05, 0.1) is 17.8 Å². The quantitative estimate of drug-likeness (QED) is 0.640. The number of alkyl halides is 1. The Balaban J connectivity index is 1.36. The zero-order valence-electron chi connectivity index (χ0n) is 18.4. The Morgan fingerprint density at radius 2 is 2.09 bits per heavy atom. The molecule has 0 saturated carbocycles. The van der Waals surface area contributed by atoms with Gasteiger partial charge >= 0.3 is 0 Å². The Hall–Kier alpha value is -3.14. The van der Waals surface area contributed by atoms with E-state index < -0.39 is 6.17 Å². The highest BCUT2D eigenvalue weighted by molar-refractivity contribution is 5.70. The molecular formula is C22H27FN8O. The van der Waals surface area contributed by atoms with Crippen LogP contribution in [0.3, 0.4) is 0 Å². The molecule has 2 bridgehead atoms. The van der Waals surface area contributed by atoms with Gasteiger partial charge in [-0.2, -0.15) is 5.10 Å². The highest BCUT2D eigenvalue weighted by Crippen LogP contribution is 2.38. The van der Waals surface area contributed by atoms with Crippen LogP contribution in [0.25, 0.3) is 22.8 Å².